The van der Waals surface area contributed by atoms with Crippen LogP contribution in [-0.2, 0) is 9.59 Å². The van der Waals surface area contributed by atoms with E-state index in [2.05, 4.69) is 15.8 Å². The SMILES string of the molecule is NC1=NNC(=O)C1CCC(=O)N1CCNCC1. The first kappa shape index (κ1) is 11.8. The Balaban J connectivity index is 1.79. The predicted molar refractivity (Wildman–Crippen MR) is 61.9 cm³/mol. The van der Waals surface area contributed by atoms with Crippen molar-refractivity contribution < 1.29 is 9.59 Å². The number of amides is 2. The van der Waals surface area contributed by atoms with Crippen LogP contribution >= 0.6 is 0 Å². The van der Waals surface area contributed by atoms with E-state index in [1.165, 1.54) is 0 Å². The molecule has 2 rings (SSSR count). The Bertz CT molecular complexity index is 349. The zero-order valence-electron chi connectivity index (χ0n) is 9.61. The van der Waals surface area contributed by atoms with Gasteiger partial charge in [0.05, 0.1) is 5.92 Å². The van der Waals surface area contributed by atoms with Crippen LogP contribution in [0.1, 0.15) is 12.8 Å². The Morgan fingerprint density at radius 3 is 2.76 bits per heavy atom. The van der Waals surface area contributed by atoms with Gasteiger partial charge in [0.2, 0.25) is 5.91 Å². The summed E-state index contributed by atoms with van der Waals surface area (Å²) < 4.78 is 0. The summed E-state index contributed by atoms with van der Waals surface area (Å²) in [7, 11) is 0. The molecular weight excluding hydrogens is 222 g/mol. The minimum atomic E-state index is -0.443. The fourth-order valence-corrected chi connectivity index (χ4v) is 2.03. The van der Waals surface area contributed by atoms with Crippen LogP contribution in [0.5, 0.6) is 0 Å². The predicted octanol–water partition coefficient (Wildman–Crippen LogP) is -1.78. The zero-order valence-corrected chi connectivity index (χ0v) is 9.61. The number of nitrogens with zero attached hydrogens (tertiary/aromatic N) is 2. The molecule has 1 fully saturated rings. The van der Waals surface area contributed by atoms with E-state index >= 15 is 0 Å². The van der Waals surface area contributed by atoms with E-state index in [-0.39, 0.29) is 17.6 Å². The minimum Gasteiger partial charge on any atom is -0.385 e. The second-order valence-electron chi connectivity index (χ2n) is 4.23. The molecule has 0 bridgehead atoms. The summed E-state index contributed by atoms with van der Waals surface area (Å²) in [6.45, 7) is 3.14. The average molecular weight is 239 g/mol. The van der Waals surface area contributed by atoms with Crippen LogP contribution in [-0.4, -0.2) is 48.7 Å². The summed E-state index contributed by atoms with van der Waals surface area (Å²) in [5.74, 6) is -0.292. The van der Waals surface area contributed by atoms with Crippen LogP contribution in [0.2, 0.25) is 0 Å². The molecule has 0 aromatic carbocycles. The molecule has 2 aliphatic rings. The van der Waals surface area contributed by atoms with Crippen LogP contribution in [0.4, 0.5) is 0 Å². The maximum absolute atomic E-state index is 11.9. The van der Waals surface area contributed by atoms with Crippen molar-refractivity contribution in [3.8, 4) is 0 Å². The van der Waals surface area contributed by atoms with Crippen molar-refractivity contribution in [1.82, 2.24) is 15.6 Å². The van der Waals surface area contributed by atoms with E-state index in [1.54, 1.807) is 0 Å². The third-order valence-corrected chi connectivity index (χ3v) is 3.09. The highest BCUT2D eigenvalue weighted by atomic mass is 16.2. The second kappa shape index (κ2) is 5.13. The average Bonchev–Trinajstić information content (AvgIpc) is 2.67. The van der Waals surface area contributed by atoms with Crippen molar-refractivity contribution in [1.29, 1.82) is 0 Å². The first-order valence-corrected chi connectivity index (χ1v) is 5.80. The first-order valence-electron chi connectivity index (χ1n) is 5.80. The monoisotopic (exact) mass is 239 g/mol. The Morgan fingerprint density at radius 2 is 2.18 bits per heavy atom. The van der Waals surface area contributed by atoms with Gasteiger partial charge in [-0.05, 0) is 6.42 Å². The smallest absolute Gasteiger partial charge is 0.250 e. The molecule has 2 amide bonds. The molecule has 7 heteroatoms. The lowest BCUT2D eigenvalue weighted by Crippen LogP contribution is -2.46. The largest absolute Gasteiger partial charge is 0.385 e. The van der Waals surface area contributed by atoms with E-state index in [0.29, 0.717) is 12.8 Å². The van der Waals surface area contributed by atoms with E-state index < -0.39 is 5.92 Å². The van der Waals surface area contributed by atoms with Gasteiger partial charge >= 0.3 is 0 Å². The molecule has 7 nitrogen and oxygen atoms in total. The third-order valence-electron chi connectivity index (χ3n) is 3.09. The lowest BCUT2D eigenvalue weighted by atomic mass is 10.0. The Hall–Kier alpha value is -1.63. The maximum Gasteiger partial charge on any atom is 0.250 e. The Morgan fingerprint density at radius 1 is 1.47 bits per heavy atom. The highest BCUT2D eigenvalue weighted by Crippen LogP contribution is 2.12. The molecule has 1 unspecified atom stereocenters. The van der Waals surface area contributed by atoms with Crippen LogP contribution in [0.15, 0.2) is 5.10 Å². The topological polar surface area (TPSA) is 99.8 Å². The number of piperazine rings is 1. The Kier molecular flexibility index (Phi) is 3.58. The van der Waals surface area contributed by atoms with Gasteiger partial charge in [0.25, 0.3) is 5.91 Å². The summed E-state index contributed by atoms with van der Waals surface area (Å²) in [5, 5.41) is 6.83. The van der Waals surface area contributed by atoms with Crippen LogP contribution < -0.4 is 16.5 Å². The van der Waals surface area contributed by atoms with Crippen molar-refractivity contribution in [2.75, 3.05) is 26.2 Å². The standard InChI is InChI=1S/C10H17N5O2/c11-9-7(10(17)14-13-9)1-2-8(16)15-5-3-12-4-6-15/h7,12H,1-6H2,(H2,11,13)(H,14,17). The molecule has 0 spiro atoms. The highest BCUT2D eigenvalue weighted by molar-refractivity contribution is 6.06. The molecule has 1 atom stereocenters. The number of nitrogens with two attached hydrogens (primary N) is 1. The molecule has 0 aromatic heterocycles. The van der Waals surface area contributed by atoms with Gasteiger partial charge in [-0.2, -0.15) is 5.10 Å². The van der Waals surface area contributed by atoms with E-state index in [1.807, 2.05) is 4.90 Å². The van der Waals surface area contributed by atoms with Crippen molar-refractivity contribution in [3.63, 3.8) is 0 Å². The normalized spacial score (nSPS) is 24.5. The number of rotatable bonds is 3. The van der Waals surface area contributed by atoms with E-state index in [4.69, 9.17) is 5.73 Å². The summed E-state index contributed by atoms with van der Waals surface area (Å²) in [6.07, 6.45) is 0.776. The fraction of sp³-hybridized carbons (Fsp3) is 0.700. The van der Waals surface area contributed by atoms with E-state index in [0.717, 1.165) is 26.2 Å². The summed E-state index contributed by atoms with van der Waals surface area (Å²) >= 11 is 0. The number of hydrazone groups is 1. The lowest BCUT2D eigenvalue weighted by Gasteiger charge is -2.27. The molecule has 1 saturated heterocycles. The molecular formula is C10H17N5O2. The van der Waals surface area contributed by atoms with Gasteiger partial charge in [0, 0.05) is 32.6 Å². The van der Waals surface area contributed by atoms with E-state index in [9.17, 15) is 9.59 Å². The molecule has 4 N–H and O–H groups in total. The van der Waals surface area contributed by atoms with Crippen LogP contribution in [0.3, 0.4) is 0 Å². The number of carbonyl (C=O) groups is 2. The third kappa shape index (κ3) is 2.73. The van der Waals surface area contributed by atoms with Crippen LogP contribution in [0, 0.1) is 5.92 Å². The quantitative estimate of drug-likeness (QED) is 0.542. The molecule has 94 valence electrons. The number of carbonyl (C=O) groups excluding carboxylic acids is 2. The van der Waals surface area contributed by atoms with Gasteiger partial charge < -0.3 is 16.0 Å². The highest BCUT2D eigenvalue weighted by Gasteiger charge is 2.29. The molecule has 17 heavy (non-hydrogen) atoms. The van der Waals surface area contributed by atoms with Crippen molar-refractivity contribution >= 4 is 17.6 Å². The van der Waals surface area contributed by atoms with Gasteiger partial charge in [-0.15, -0.1) is 0 Å². The molecule has 0 aromatic rings. The summed E-state index contributed by atoms with van der Waals surface area (Å²) in [4.78, 5) is 25.0. The first-order chi connectivity index (χ1) is 8.18. The lowest BCUT2D eigenvalue weighted by molar-refractivity contribution is -0.132. The molecule has 0 radical (unpaired) electrons. The van der Waals surface area contributed by atoms with Gasteiger partial charge in [0.15, 0.2) is 0 Å². The van der Waals surface area contributed by atoms with Crippen molar-refractivity contribution in [2.24, 2.45) is 16.8 Å². The second-order valence-corrected chi connectivity index (χ2v) is 4.23. The summed E-state index contributed by atoms with van der Waals surface area (Å²) in [6, 6.07) is 0. The van der Waals surface area contributed by atoms with Gasteiger partial charge in [-0.3, -0.25) is 9.59 Å². The molecule has 2 heterocycles. The number of hydrogen-bond acceptors (Lipinski definition) is 5. The van der Waals surface area contributed by atoms with Crippen molar-refractivity contribution in [2.45, 2.75) is 12.8 Å². The minimum absolute atomic E-state index is 0.0824. The fourth-order valence-electron chi connectivity index (χ4n) is 2.03. The van der Waals surface area contributed by atoms with Gasteiger partial charge in [-0.1, -0.05) is 0 Å². The van der Waals surface area contributed by atoms with Gasteiger partial charge in [-0.25, -0.2) is 5.43 Å². The zero-order chi connectivity index (χ0) is 12.3. The Labute approximate surface area is 99.4 Å². The van der Waals surface area contributed by atoms with Crippen molar-refractivity contribution in [3.05, 3.63) is 0 Å². The molecule has 0 saturated carbocycles. The maximum atomic E-state index is 11.9. The number of amidine groups is 1. The molecule has 2 aliphatic heterocycles. The summed E-state index contributed by atoms with van der Waals surface area (Å²) in [5.41, 5.74) is 7.88. The van der Waals surface area contributed by atoms with Gasteiger partial charge in [0.1, 0.15) is 5.84 Å². The van der Waals surface area contributed by atoms with Crippen LogP contribution in [0.25, 0.3) is 0 Å². The number of hydrogen-bond donors (Lipinski definition) is 3. The molecule has 0 aliphatic carbocycles. The number of nitrogens with one attached hydrogen (secondary N) is 2.